The molecule has 0 amide bonds. The minimum atomic E-state index is -1.59. The third-order valence-electron chi connectivity index (χ3n) is 2.01. The SMILES string of the molecule is [N-]=[N+]=NCC1O[C@@H](O)[C@H](O)C(O)[C@@H]1O. The zero-order valence-electron chi connectivity index (χ0n) is 7.13. The van der Waals surface area contributed by atoms with Crippen LogP contribution in [0.4, 0.5) is 0 Å². The highest BCUT2D eigenvalue weighted by Crippen LogP contribution is 2.19. The van der Waals surface area contributed by atoms with Gasteiger partial charge in [-0.15, -0.1) is 0 Å². The molecule has 1 rings (SSSR count). The number of hydrogen-bond donors (Lipinski definition) is 4. The second-order valence-corrected chi connectivity index (χ2v) is 2.95. The standard InChI is InChI=1S/C6H11N3O5/c7-9-8-1-2-3(10)4(11)5(12)6(13)14-2/h2-6,10-13H,1H2/t2?,3-,4?,5-,6-/m1/s1. The first kappa shape index (κ1) is 11.2. The average Bonchev–Trinajstić information content (AvgIpc) is 2.18. The molecule has 8 heteroatoms. The second-order valence-electron chi connectivity index (χ2n) is 2.95. The van der Waals surface area contributed by atoms with Gasteiger partial charge in [0.25, 0.3) is 0 Å². The van der Waals surface area contributed by atoms with Crippen LogP contribution in [-0.2, 0) is 4.74 Å². The van der Waals surface area contributed by atoms with Gasteiger partial charge < -0.3 is 25.2 Å². The Bertz CT molecular complexity index is 244. The maximum atomic E-state index is 9.32. The zero-order valence-corrected chi connectivity index (χ0v) is 7.13. The molecule has 8 nitrogen and oxygen atoms in total. The number of nitrogens with zero attached hydrogens (tertiary/aromatic N) is 3. The van der Waals surface area contributed by atoms with E-state index in [0.29, 0.717) is 0 Å². The molecule has 1 aliphatic heterocycles. The molecule has 14 heavy (non-hydrogen) atoms. The van der Waals surface area contributed by atoms with E-state index in [1.807, 2.05) is 0 Å². The summed E-state index contributed by atoms with van der Waals surface area (Å²) in [5.41, 5.74) is 8.01. The lowest BCUT2D eigenvalue weighted by Crippen LogP contribution is -2.58. The van der Waals surface area contributed by atoms with Crippen LogP contribution >= 0.6 is 0 Å². The van der Waals surface area contributed by atoms with Gasteiger partial charge in [-0.2, -0.15) is 0 Å². The fraction of sp³-hybridized carbons (Fsp3) is 1.00. The summed E-state index contributed by atoms with van der Waals surface area (Å²) in [4.78, 5) is 2.44. The fourth-order valence-corrected chi connectivity index (χ4v) is 1.20. The molecule has 0 aromatic heterocycles. The molecule has 1 fully saturated rings. The van der Waals surface area contributed by atoms with E-state index in [4.69, 9.17) is 20.5 Å². The smallest absolute Gasteiger partial charge is 0.183 e. The molecule has 5 atom stereocenters. The van der Waals surface area contributed by atoms with Gasteiger partial charge in [-0.3, -0.25) is 0 Å². The van der Waals surface area contributed by atoms with Crippen LogP contribution in [0.2, 0.25) is 0 Å². The number of aliphatic hydroxyl groups is 4. The third-order valence-corrected chi connectivity index (χ3v) is 2.01. The summed E-state index contributed by atoms with van der Waals surface area (Å²) < 4.78 is 4.71. The normalized spacial score (nSPS) is 43.0. The van der Waals surface area contributed by atoms with E-state index in [-0.39, 0.29) is 6.54 Å². The quantitative estimate of drug-likeness (QED) is 0.237. The topological polar surface area (TPSA) is 139 Å². The van der Waals surface area contributed by atoms with Crippen LogP contribution in [0.15, 0.2) is 5.11 Å². The third kappa shape index (κ3) is 2.13. The number of azide groups is 1. The molecule has 2 unspecified atom stereocenters. The van der Waals surface area contributed by atoms with Gasteiger partial charge in [0.1, 0.15) is 18.3 Å². The summed E-state index contributed by atoms with van der Waals surface area (Å²) in [7, 11) is 0. The highest BCUT2D eigenvalue weighted by atomic mass is 16.6. The molecule has 0 aliphatic carbocycles. The van der Waals surface area contributed by atoms with Crippen LogP contribution < -0.4 is 0 Å². The number of hydrogen-bond acceptors (Lipinski definition) is 6. The first-order chi connectivity index (χ1) is 6.57. The highest BCUT2D eigenvalue weighted by Gasteiger charge is 2.42. The zero-order chi connectivity index (χ0) is 10.7. The van der Waals surface area contributed by atoms with E-state index in [1.165, 1.54) is 0 Å². The van der Waals surface area contributed by atoms with Crippen molar-refractivity contribution in [3.63, 3.8) is 0 Å². The predicted octanol–water partition coefficient (Wildman–Crippen LogP) is -1.90. The molecule has 0 radical (unpaired) electrons. The summed E-state index contributed by atoms with van der Waals surface area (Å²) in [6.45, 7) is -0.224. The van der Waals surface area contributed by atoms with Gasteiger partial charge in [0.05, 0.1) is 12.6 Å². The molecule has 0 aromatic rings. The van der Waals surface area contributed by atoms with Crippen molar-refractivity contribution < 1.29 is 25.2 Å². The lowest BCUT2D eigenvalue weighted by atomic mass is 9.99. The summed E-state index contributed by atoms with van der Waals surface area (Å²) >= 11 is 0. The Hall–Kier alpha value is -0.890. The van der Waals surface area contributed by atoms with Crippen molar-refractivity contribution in [1.29, 1.82) is 0 Å². The molecular weight excluding hydrogens is 194 g/mol. The molecule has 0 spiro atoms. The van der Waals surface area contributed by atoms with Crippen LogP contribution in [0.5, 0.6) is 0 Å². The molecule has 4 N–H and O–H groups in total. The Morgan fingerprint density at radius 1 is 1.14 bits per heavy atom. The van der Waals surface area contributed by atoms with Crippen molar-refractivity contribution in [2.24, 2.45) is 5.11 Å². The number of rotatable bonds is 2. The van der Waals surface area contributed by atoms with Crippen LogP contribution in [0.25, 0.3) is 10.4 Å². The number of aliphatic hydroxyl groups excluding tert-OH is 4. The fourth-order valence-electron chi connectivity index (χ4n) is 1.20. The highest BCUT2D eigenvalue weighted by molar-refractivity contribution is 4.89. The molecule has 1 saturated heterocycles. The first-order valence-electron chi connectivity index (χ1n) is 3.96. The van der Waals surface area contributed by atoms with Crippen molar-refractivity contribution in [2.45, 2.75) is 30.7 Å². The minimum Gasteiger partial charge on any atom is -0.388 e. The van der Waals surface area contributed by atoms with Gasteiger partial charge in [-0.25, -0.2) is 0 Å². The van der Waals surface area contributed by atoms with Gasteiger partial charge in [-0.1, -0.05) is 5.11 Å². The van der Waals surface area contributed by atoms with Gasteiger partial charge in [0.15, 0.2) is 6.29 Å². The Balaban J connectivity index is 2.64. The van der Waals surface area contributed by atoms with Crippen LogP contribution in [0.3, 0.4) is 0 Å². The minimum absolute atomic E-state index is 0.224. The average molecular weight is 205 g/mol. The Morgan fingerprint density at radius 3 is 2.36 bits per heavy atom. The van der Waals surface area contributed by atoms with Gasteiger partial charge in [0, 0.05) is 4.91 Å². The molecule has 80 valence electrons. The van der Waals surface area contributed by atoms with Crippen molar-refractivity contribution in [2.75, 3.05) is 6.54 Å². The Kier molecular flexibility index (Phi) is 3.64. The maximum Gasteiger partial charge on any atom is 0.183 e. The van der Waals surface area contributed by atoms with E-state index >= 15 is 0 Å². The van der Waals surface area contributed by atoms with Gasteiger partial charge >= 0.3 is 0 Å². The lowest BCUT2D eigenvalue weighted by Gasteiger charge is -2.37. The van der Waals surface area contributed by atoms with Crippen molar-refractivity contribution >= 4 is 0 Å². The van der Waals surface area contributed by atoms with Crippen LogP contribution in [0, 0.1) is 0 Å². The van der Waals surface area contributed by atoms with Crippen molar-refractivity contribution in [3.8, 4) is 0 Å². The Labute approximate surface area is 79.0 Å². The summed E-state index contributed by atoms with van der Waals surface area (Å²) in [5.74, 6) is 0. The molecule has 1 heterocycles. The van der Waals surface area contributed by atoms with Crippen molar-refractivity contribution in [3.05, 3.63) is 10.4 Å². The van der Waals surface area contributed by atoms with E-state index in [1.54, 1.807) is 0 Å². The summed E-state index contributed by atoms with van der Waals surface area (Å²) in [6.07, 6.45) is -7.07. The lowest BCUT2D eigenvalue weighted by molar-refractivity contribution is -0.279. The summed E-state index contributed by atoms with van der Waals surface area (Å²) in [5, 5.41) is 39.8. The van der Waals surface area contributed by atoms with Crippen LogP contribution in [-0.4, -0.2) is 57.7 Å². The molecular formula is C6H11N3O5. The Morgan fingerprint density at radius 2 is 1.79 bits per heavy atom. The second kappa shape index (κ2) is 4.56. The van der Waals surface area contributed by atoms with E-state index in [9.17, 15) is 10.2 Å². The molecule has 0 bridgehead atoms. The molecule has 0 aromatic carbocycles. The monoisotopic (exact) mass is 205 g/mol. The predicted molar refractivity (Wildman–Crippen MR) is 42.9 cm³/mol. The van der Waals surface area contributed by atoms with E-state index in [0.717, 1.165) is 0 Å². The molecule has 0 saturated carbocycles. The summed E-state index contributed by atoms with van der Waals surface area (Å²) in [6, 6.07) is 0. The largest absolute Gasteiger partial charge is 0.388 e. The van der Waals surface area contributed by atoms with Crippen LogP contribution in [0.1, 0.15) is 0 Å². The molecule has 1 aliphatic rings. The van der Waals surface area contributed by atoms with Gasteiger partial charge in [-0.05, 0) is 5.53 Å². The maximum absolute atomic E-state index is 9.32. The number of ether oxygens (including phenoxy) is 1. The van der Waals surface area contributed by atoms with E-state index < -0.39 is 30.7 Å². The first-order valence-corrected chi connectivity index (χ1v) is 3.96. The van der Waals surface area contributed by atoms with Crippen molar-refractivity contribution in [1.82, 2.24) is 0 Å². The van der Waals surface area contributed by atoms with E-state index in [2.05, 4.69) is 10.0 Å². The van der Waals surface area contributed by atoms with Gasteiger partial charge in [0.2, 0.25) is 0 Å².